The number of hydrogen-bond donors (Lipinski definition) is 0. The third-order valence-corrected chi connectivity index (χ3v) is 5.16. The normalized spacial score (nSPS) is 17.9. The smallest absolute Gasteiger partial charge is 0.253 e. The van der Waals surface area contributed by atoms with Crippen LogP contribution in [0.3, 0.4) is 0 Å². The summed E-state index contributed by atoms with van der Waals surface area (Å²) in [5, 5.41) is 9.69. The maximum Gasteiger partial charge on any atom is 0.253 e. The van der Waals surface area contributed by atoms with Crippen molar-refractivity contribution in [2.45, 2.75) is 19.8 Å². The van der Waals surface area contributed by atoms with Crippen LogP contribution in [0, 0.1) is 20.3 Å². The van der Waals surface area contributed by atoms with Gasteiger partial charge >= 0.3 is 0 Å². The van der Waals surface area contributed by atoms with Gasteiger partial charge in [0, 0.05) is 22.2 Å². The summed E-state index contributed by atoms with van der Waals surface area (Å²) >= 11 is 8.18. The van der Waals surface area contributed by atoms with E-state index in [-0.39, 0.29) is 11.3 Å². The summed E-state index contributed by atoms with van der Waals surface area (Å²) in [6.45, 7) is 3.22. The second kappa shape index (κ2) is 5.68. The van der Waals surface area contributed by atoms with E-state index >= 15 is 0 Å². The molecule has 0 aliphatic carbocycles. The molecule has 3 nitrogen and oxygen atoms in total. The highest BCUT2D eigenvalue weighted by Crippen LogP contribution is 2.30. The minimum absolute atomic E-state index is 0.00158. The number of rotatable bonds is 1. The fraction of sp³-hybridized carbons (Fsp3) is 0.429. The quantitative estimate of drug-likeness (QED) is 0.688. The van der Waals surface area contributed by atoms with Gasteiger partial charge in [0.25, 0.3) is 5.91 Å². The molecule has 0 radical (unpaired) electrons. The minimum Gasteiger partial charge on any atom is -0.339 e. The van der Waals surface area contributed by atoms with Crippen molar-refractivity contribution in [1.29, 1.82) is 5.26 Å². The average molecular weight is 389 g/mol. The fourth-order valence-electron chi connectivity index (χ4n) is 2.13. The number of amides is 1. The second-order valence-electron chi connectivity index (χ2n) is 5.09. The molecular formula is C14H14ClIN2O. The van der Waals surface area contributed by atoms with Gasteiger partial charge in [-0.3, -0.25) is 4.79 Å². The summed E-state index contributed by atoms with van der Waals surface area (Å²) in [6.07, 6.45) is 1.46. The Morgan fingerprint density at radius 2 is 2.11 bits per heavy atom. The number of nitriles is 1. The number of hydrogen-bond acceptors (Lipinski definition) is 2. The minimum atomic E-state index is -0.291. The van der Waals surface area contributed by atoms with E-state index in [1.807, 2.05) is 13.0 Å². The van der Waals surface area contributed by atoms with Crippen LogP contribution in [0.25, 0.3) is 0 Å². The number of likely N-dealkylation sites (tertiary alicyclic amines) is 1. The number of benzene rings is 1. The summed E-state index contributed by atoms with van der Waals surface area (Å²) in [5.41, 5.74) is 0.325. The molecule has 0 aromatic heterocycles. The number of carbonyl (C=O) groups is 1. The van der Waals surface area contributed by atoms with Crippen LogP contribution in [0.15, 0.2) is 18.2 Å². The van der Waals surface area contributed by atoms with Crippen LogP contribution in [-0.4, -0.2) is 23.9 Å². The van der Waals surface area contributed by atoms with Gasteiger partial charge in [-0.05, 0) is 60.6 Å². The van der Waals surface area contributed by atoms with Crippen molar-refractivity contribution in [3.8, 4) is 6.07 Å². The molecule has 19 heavy (non-hydrogen) atoms. The van der Waals surface area contributed by atoms with Gasteiger partial charge in [-0.2, -0.15) is 5.26 Å². The van der Waals surface area contributed by atoms with E-state index in [0.29, 0.717) is 23.7 Å². The molecule has 1 amide bonds. The van der Waals surface area contributed by atoms with Gasteiger partial charge < -0.3 is 4.90 Å². The molecular weight excluding hydrogens is 375 g/mol. The molecule has 1 aliphatic heterocycles. The molecule has 1 heterocycles. The Morgan fingerprint density at radius 3 is 2.63 bits per heavy atom. The lowest BCUT2D eigenvalue weighted by Crippen LogP contribution is -2.41. The zero-order chi connectivity index (χ0) is 14.0. The van der Waals surface area contributed by atoms with Crippen LogP contribution in [0.4, 0.5) is 0 Å². The van der Waals surface area contributed by atoms with E-state index in [2.05, 4.69) is 28.7 Å². The van der Waals surface area contributed by atoms with Gasteiger partial charge in [0.2, 0.25) is 0 Å². The van der Waals surface area contributed by atoms with E-state index in [9.17, 15) is 4.79 Å². The predicted octanol–water partition coefficient (Wildman–Crippen LogP) is 3.71. The fourth-order valence-corrected chi connectivity index (χ4v) is 2.64. The van der Waals surface area contributed by atoms with Crippen LogP contribution in [-0.2, 0) is 0 Å². The van der Waals surface area contributed by atoms with Crippen LogP contribution >= 0.6 is 34.2 Å². The molecule has 0 bridgehead atoms. The Bertz CT molecular complexity index is 545. The van der Waals surface area contributed by atoms with Crippen molar-refractivity contribution < 1.29 is 4.79 Å². The molecule has 100 valence electrons. The van der Waals surface area contributed by atoms with Crippen molar-refractivity contribution in [2.75, 3.05) is 13.1 Å². The molecule has 1 saturated heterocycles. The van der Waals surface area contributed by atoms with Crippen molar-refractivity contribution in [3.63, 3.8) is 0 Å². The standard InChI is InChI=1S/C14H14ClIN2O/c1-14(9-17)4-6-18(7-5-14)13(19)10-2-3-12(16)11(15)8-10/h2-3,8H,4-7H2,1H3. The van der Waals surface area contributed by atoms with Gasteiger partial charge in [-0.1, -0.05) is 11.6 Å². The van der Waals surface area contributed by atoms with Crippen molar-refractivity contribution >= 4 is 40.1 Å². The third-order valence-electron chi connectivity index (χ3n) is 3.59. The van der Waals surface area contributed by atoms with Gasteiger partial charge in [0.15, 0.2) is 0 Å². The summed E-state index contributed by atoms with van der Waals surface area (Å²) in [6, 6.07) is 7.69. The van der Waals surface area contributed by atoms with E-state index in [0.717, 1.165) is 16.4 Å². The first-order valence-corrected chi connectivity index (χ1v) is 7.56. The third kappa shape index (κ3) is 3.21. The van der Waals surface area contributed by atoms with E-state index < -0.39 is 0 Å². The number of carbonyl (C=O) groups excluding carboxylic acids is 1. The van der Waals surface area contributed by atoms with Crippen LogP contribution < -0.4 is 0 Å². The number of nitrogens with zero attached hydrogens (tertiary/aromatic N) is 2. The highest BCUT2D eigenvalue weighted by molar-refractivity contribution is 14.1. The largest absolute Gasteiger partial charge is 0.339 e. The Labute approximate surface area is 131 Å². The van der Waals surface area contributed by atoms with Crippen molar-refractivity contribution in [2.24, 2.45) is 5.41 Å². The first-order chi connectivity index (χ1) is 8.95. The van der Waals surface area contributed by atoms with Gasteiger partial charge in [-0.25, -0.2) is 0 Å². The first kappa shape index (κ1) is 14.6. The number of piperidine rings is 1. The van der Waals surface area contributed by atoms with Crippen LogP contribution in [0.1, 0.15) is 30.1 Å². The Kier molecular flexibility index (Phi) is 4.36. The Balaban J connectivity index is 2.10. The highest BCUT2D eigenvalue weighted by Gasteiger charge is 2.32. The van der Waals surface area contributed by atoms with Crippen molar-refractivity contribution in [3.05, 3.63) is 32.4 Å². The molecule has 0 spiro atoms. The summed E-state index contributed by atoms with van der Waals surface area (Å²) in [4.78, 5) is 14.1. The first-order valence-electron chi connectivity index (χ1n) is 6.11. The highest BCUT2D eigenvalue weighted by atomic mass is 127. The SMILES string of the molecule is CC1(C#N)CCN(C(=O)c2ccc(I)c(Cl)c2)CC1. The lowest BCUT2D eigenvalue weighted by atomic mass is 9.82. The second-order valence-corrected chi connectivity index (χ2v) is 6.66. The molecule has 0 N–H and O–H groups in total. The van der Waals surface area contributed by atoms with Crippen molar-refractivity contribution in [1.82, 2.24) is 4.90 Å². The van der Waals surface area contributed by atoms with E-state index in [4.69, 9.17) is 16.9 Å². The van der Waals surface area contributed by atoms with E-state index in [1.54, 1.807) is 17.0 Å². The van der Waals surface area contributed by atoms with Gasteiger partial charge in [-0.15, -0.1) is 0 Å². The summed E-state index contributed by atoms with van der Waals surface area (Å²) < 4.78 is 0.937. The topological polar surface area (TPSA) is 44.1 Å². The molecule has 1 aromatic rings. The van der Waals surface area contributed by atoms with E-state index in [1.165, 1.54) is 0 Å². The molecule has 1 fully saturated rings. The average Bonchev–Trinajstić information content (AvgIpc) is 2.42. The predicted molar refractivity (Wildman–Crippen MR) is 83.0 cm³/mol. The zero-order valence-electron chi connectivity index (χ0n) is 10.6. The lowest BCUT2D eigenvalue weighted by Gasteiger charge is -2.35. The summed E-state index contributed by atoms with van der Waals surface area (Å²) in [7, 11) is 0. The molecule has 1 aromatic carbocycles. The zero-order valence-corrected chi connectivity index (χ0v) is 13.5. The molecule has 1 aliphatic rings. The van der Waals surface area contributed by atoms with Crippen LogP contribution in [0.2, 0.25) is 5.02 Å². The molecule has 0 saturated carbocycles. The van der Waals surface area contributed by atoms with Crippen LogP contribution in [0.5, 0.6) is 0 Å². The maximum absolute atomic E-state index is 12.3. The molecule has 2 rings (SSSR count). The van der Waals surface area contributed by atoms with Gasteiger partial charge in [0.1, 0.15) is 0 Å². The van der Waals surface area contributed by atoms with Gasteiger partial charge in [0.05, 0.1) is 16.5 Å². The molecule has 5 heteroatoms. The number of halogens is 2. The lowest BCUT2D eigenvalue weighted by molar-refractivity contribution is 0.0661. The summed E-state index contributed by atoms with van der Waals surface area (Å²) in [5.74, 6) is -0.00158. The molecule has 0 atom stereocenters. The maximum atomic E-state index is 12.3. The Hall–Kier alpha value is -0.800. The molecule has 0 unspecified atom stereocenters. The Morgan fingerprint density at radius 1 is 1.47 bits per heavy atom. The monoisotopic (exact) mass is 388 g/mol.